The molecule has 0 unspecified atom stereocenters. The quantitative estimate of drug-likeness (QED) is 0.459. The van der Waals surface area contributed by atoms with Gasteiger partial charge in [-0.1, -0.05) is 0 Å². The molecule has 0 aliphatic carbocycles. The van der Waals surface area contributed by atoms with Gasteiger partial charge in [0.15, 0.2) is 0 Å². The van der Waals surface area contributed by atoms with Crippen LogP contribution in [-0.4, -0.2) is 56.0 Å². The molecular weight excluding hydrogens is 216 g/mol. The third-order valence-electron chi connectivity index (χ3n) is 2.36. The Bertz CT molecular complexity index is 213. The van der Waals surface area contributed by atoms with Crippen molar-refractivity contribution < 1.29 is 29.2 Å². The van der Waals surface area contributed by atoms with Gasteiger partial charge in [-0.2, -0.15) is 0 Å². The van der Waals surface area contributed by atoms with Crippen molar-refractivity contribution in [3.63, 3.8) is 0 Å². The molecule has 0 bridgehead atoms. The molecule has 0 aromatic carbocycles. The Kier molecular flexibility index (Phi) is 5.88. The van der Waals surface area contributed by atoms with E-state index in [2.05, 4.69) is 0 Å². The number of aliphatic hydroxyl groups excluding tert-OH is 2. The lowest BCUT2D eigenvalue weighted by Crippen LogP contribution is -2.45. The molecule has 0 amide bonds. The van der Waals surface area contributed by atoms with Crippen molar-refractivity contribution in [1.82, 2.24) is 0 Å². The predicted molar refractivity (Wildman–Crippen MR) is 55.7 cm³/mol. The molecule has 0 rings (SSSR count). The zero-order chi connectivity index (χ0) is 12.8. The molecule has 0 spiro atoms. The van der Waals surface area contributed by atoms with E-state index in [0.29, 0.717) is 0 Å². The first kappa shape index (κ1) is 15.3. The van der Waals surface area contributed by atoms with Gasteiger partial charge in [-0.05, 0) is 13.8 Å². The van der Waals surface area contributed by atoms with Crippen molar-refractivity contribution in [2.24, 2.45) is 5.41 Å². The summed E-state index contributed by atoms with van der Waals surface area (Å²) in [5.74, 6) is -1.93. The standard InChI is InChI=1S/C10H20O6/c1-9(2,5-11)8(13)16-7-10(6-12,14-3)15-4/h11-12H,5-7H2,1-4H3. The number of methoxy groups -OCH3 is 2. The van der Waals surface area contributed by atoms with Crippen LogP contribution in [0.25, 0.3) is 0 Å². The van der Waals surface area contributed by atoms with E-state index in [9.17, 15) is 4.79 Å². The fraction of sp³-hybridized carbons (Fsp3) is 0.900. The van der Waals surface area contributed by atoms with Gasteiger partial charge in [0.05, 0.1) is 12.0 Å². The molecule has 6 nitrogen and oxygen atoms in total. The third kappa shape index (κ3) is 3.71. The Hall–Kier alpha value is -0.690. The summed E-state index contributed by atoms with van der Waals surface area (Å²) in [6.07, 6.45) is 0. The second kappa shape index (κ2) is 6.15. The number of ether oxygens (including phenoxy) is 3. The Morgan fingerprint density at radius 2 is 1.62 bits per heavy atom. The van der Waals surface area contributed by atoms with E-state index in [1.807, 2.05) is 0 Å². The summed E-state index contributed by atoms with van der Waals surface area (Å²) in [7, 11) is 2.68. The average molecular weight is 236 g/mol. The van der Waals surface area contributed by atoms with Crippen molar-refractivity contribution in [2.45, 2.75) is 19.6 Å². The van der Waals surface area contributed by atoms with E-state index in [4.69, 9.17) is 24.4 Å². The minimum Gasteiger partial charge on any atom is -0.459 e. The van der Waals surface area contributed by atoms with Gasteiger partial charge >= 0.3 is 5.97 Å². The van der Waals surface area contributed by atoms with Crippen molar-refractivity contribution in [2.75, 3.05) is 34.0 Å². The number of hydrogen-bond acceptors (Lipinski definition) is 6. The normalized spacial score (nSPS) is 12.6. The highest BCUT2D eigenvalue weighted by Gasteiger charge is 2.34. The van der Waals surface area contributed by atoms with Crippen molar-refractivity contribution in [3.05, 3.63) is 0 Å². The van der Waals surface area contributed by atoms with Gasteiger partial charge in [-0.15, -0.1) is 0 Å². The Morgan fingerprint density at radius 3 is 1.94 bits per heavy atom. The van der Waals surface area contributed by atoms with Crippen LogP contribution in [0.1, 0.15) is 13.8 Å². The van der Waals surface area contributed by atoms with Crippen molar-refractivity contribution >= 4 is 5.97 Å². The van der Waals surface area contributed by atoms with Crippen molar-refractivity contribution in [3.8, 4) is 0 Å². The molecule has 0 aromatic rings. The highest BCUT2D eigenvalue weighted by molar-refractivity contribution is 5.76. The summed E-state index contributed by atoms with van der Waals surface area (Å²) in [5.41, 5.74) is -0.983. The summed E-state index contributed by atoms with van der Waals surface area (Å²) < 4.78 is 14.8. The van der Waals surface area contributed by atoms with Crippen LogP contribution in [0.3, 0.4) is 0 Å². The lowest BCUT2D eigenvalue weighted by atomic mass is 9.95. The molecule has 0 saturated carbocycles. The zero-order valence-electron chi connectivity index (χ0n) is 10.1. The SMILES string of the molecule is COC(CO)(COC(=O)C(C)(C)CO)OC. The monoisotopic (exact) mass is 236 g/mol. The number of hydrogen-bond donors (Lipinski definition) is 2. The van der Waals surface area contributed by atoms with Crippen LogP contribution in [0, 0.1) is 5.41 Å². The van der Waals surface area contributed by atoms with Crippen LogP contribution in [0.15, 0.2) is 0 Å². The van der Waals surface area contributed by atoms with Crippen LogP contribution in [-0.2, 0) is 19.0 Å². The molecule has 6 heteroatoms. The van der Waals surface area contributed by atoms with Gasteiger partial charge in [-0.25, -0.2) is 0 Å². The lowest BCUT2D eigenvalue weighted by molar-refractivity contribution is -0.252. The first-order valence-corrected chi connectivity index (χ1v) is 4.86. The van der Waals surface area contributed by atoms with Gasteiger partial charge in [0.1, 0.15) is 13.2 Å². The van der Waals surface area contributed by atoms with Gasteiger partial charge in [0, 0.05) is 14.2 Å². The Balaban J connectivity index is 4.38. The highest BCUT2D eigenvalue weighted by Crippen LogP contribution is 2.18. The smallest absolute Gasteiger partial charge is 0.314 e. The summed E-state index contributed by atoms with van der Waals surface area (Å²) in [6, 6.07) is 0. The molecule has 0 aliphatic rings. The Morgan fingerprint density at radius 1 is 1.12 bits per heavy atom. The van der Waals surface area contributed by atoms with E-state index < -0.39 is 23.8 Å². The zero-order valence-corrected chi connectivity index (χ0v) is 10.1. The summed E-state index contributed by atoms with van der Waals surface area (Å²) >= 11 is 0. The molecule has 0 fully saturated rings. The number of aliphatic hydroxyl groups is 2. The highest BCUT2D eigenvalue weighted by atomic mass is 16.7. The maximum Gasteiger partial charge on any atom is 0.314 e. The molecule has 0 radical (unpaired) electrons. The van der Waals surface area contributed by atoms with Crippen LogP contribution in [0.4, 0.5) is 0 Å². The molecule has 0 atom stereocenters. The van der Waals surface area contributed by atoms with Crippen LogP contribution >= 0.6 is 0 Å². The van der Waals surface area contributed by atoms with E-state index >= 15 is 0 Å². The first-order chi connectivity index (χ1) is 7.37. The fourth-order valence-electron chi connectivity index (χ4n) is 0.811. The molecule has 0 aromatic heterocycles. The van der Waals surface area contributed by atoms with Crippen LogP contribution in [0.2, 0.25) is 0 Å². The number of rotatable bonds is 7. The molecule has 96 valence electrons. The predicted octanol–water partition coefficient (Wildman–Crippen LogP) is -0.471. The lowest BCUT2D eigenvalue weighted by Gasteiger charge is -2.29. The third-order valence-corrected chi connectivity index (χ3v) is 2.36. The molecule has 2 N–H and O–H groups in total. The van der Waals surface area contributed by atoms with Gasteiger partial charge in [0.2, 0.25) is 5.79 Å². The van der Waals surface area contributed by atoms with Gasteiger partial charge in [-0.3, -0.25) is 4.79 Å². The maximum atomic E-state index is 11.5. The summed E-state index contributed by atoms with van der Waals surface area (Å²) in [4.78, 5) is 11.5. The van der Waals surface area contributed by atoms with E-state index in [1.54, 1.807) is 13.8 Å². The minimum atomic E-state index is -1.35. The van der Waals surface area contributed by atoms with Gasteiger partial charge in [0.25, 0.3) is 0 Å². The maximum absolute atomic E-state index is 11.5. The minimum absolute atomic E-state index is 0.237. The number of carbonyl (C=O) groups is 1. The molecule has 0 aliphatic heterocycles. The molecule has 0 heterocycles. The van der Waals surface area contributed by atoms with E-state index in [1.165, 1.54) is 14.2 Å². The molecule has 0 saturated heterocycles. The second-order valence-electron chi connectivity index (χ2n) is 4.10. The van der Waals surface area contributed by atoms with Crippen LogP contribution in [0.5, 0.6) is 0 Å². The molecule has 16 heavy (non-hydrogen) atoms. The van der Waals surface area contributed by atoms with Crippen LogP contribution < -0.4 is 0 Å². The van der Waals surface area contributed by atoms with Crippen molar-refractivity contribution in [1.29, 1.82) is 0 Å². The fourth-order valence-corrected chi connectivity index (χ4v) is 0.811. The molecular formula is C10H20O6. The summed E-state index contributed by atoms with van der Waals surface area (Å²) in [5, 5.41) is 18.0. The number of carbonyl (C=O) groups excluding carboxylic acids is 1. The second-order valence-corrected chi connectivity index (χ2v) is 4.10. The van der Waals surface area contributed by atoms with E-state index in [-0.39, 0.29) is 13.2 Å². The summed E-state index contributed by atoms with van der Waals surface area (Å²) in [6.45, 7) is 2.11. The van der Waals surface area contributed by atoms with Gasteiger partial charge < -0.3 is 24.4 Å². The largest absolute Gasteiger partial charge is 0.459 e. The average Bonchev–Trinajstić information content (AvgIpc) is 2.31. The number of esters is 1. The first-order valence-electron chi connectivity index (χ1n) is 4.86. The topological polar surface area (TPSA) is 85.2 Å². The van der Waals surface area contributed by atoms with E-state index in [0.717, 1.165) is 0 Å². The Labute approximate surface area is 95.1 Å².